The van der Waals surface area contributed by atoms with Gasteiger partial charge >= 0.3 is 0 Å². The summed E-state index contributed by atoms with van der Waals surface area (Å²) >= 11 is 3.33. The molecule has 0 saturated carbocycles. The van der Waals surface area contributed by atoms with Crippen LogP contribution in [0.15, 0.2) is 29.0 Å². The van der Waals surface area contributed by atoms with Gasteiger partial charge in [-0.25, -0.2) is 4.98 Å². The van der Waals surface area contributed by atoms with Crippen molar-refractivity contribution in [1.29, 1.82) is 5.26 Å². The second-order valence-corrected chi connectivity index (χ2v) is 3.91. The number of nitriles is 1. The van der Waals surface area contributed by atoms with E-state index >= 15 is 0 Å². The van der Waals surface area contributed by atoms with E-state index in [4.69, 9.17) is 5.26 Å². The van der Waals surface area contributed by atoms with Crippen LogP contribution in [0.3, 0.4) is 0 Å². The lowest BCUT2D eigenvalue weighted by molar-refractivity contribution is 0.954. The molecule has 6 heteroatoms. The largest absolute Gasteiger partial charge is 0.377 e. The van der Waals surface area contributed by atoms with Crippen molar-refractivity contribution in [2.24, 2.45) is 0 Å². The van der Waals surface area contributed by atoms with Gasteiger partial charge in [-0.2, -0.15) is 10.4 Å². The van der Waals surface area contributed by atoms with Gasteiger partial charge in [0.2, 0.25) is 0 Å². The van der Waals surface area contributed by atoms with Crippen molar-refractivity contribution in [3.63, 3.8) is 0 Å². The van der Waals surface area contributed by atoms with Gasteiger partial charge in [0, 0.05) is 4.47 Å². The third kappa shape index (κ3) is 2.20. The fraction of sp³-hybridized carbons (Fsp3) is 0.100. The maximum Gasteiger partial charge on any atom is 0.143 e. The van der Waals surface area contributed by atoms with Crippen molar-refractivity contribution in [2.75, 3.05) is 5.32 Å². The summed E-state index contributed by atoms with van der Waals surface area (Å²) in [5.74, 6) is 0.726. The number of benzene rings is 1. The van der Waals surface area contributed by atoms with Crippen LogP contribution in [0.1, 0.15) is 11.4 Å². The number of aromatic amines is 1. The van der Waals surface area contributed by atoms with Crippen LogP contribution in [0.4, 0.5) is 5.69 Å². The zero-order valence-corrected chi connectivity index (χ0v) is 9.82. The molecule has 0 aliphatic heterocycles. The zero-order chi connectivity index (χ0) is 11.4. The lowest BCUT2D eigenvalue weighted by atomic mass is 10.2. The van der Waals surface area contributed by atoms with Gasteiger partial charge in [-0.3, -0.25) is 5.10 Å². The van der Waals surface area contributed by atoms with Crippen molar-refractivity contribution >= 4 is 21.6 Å². The molecule has 0 spiro atoms. The quantitative estimate of drug-likeness (QED) is 0.900. The second kappa shape index (κ2) is 4.77. The summed E-state index contributed by atoms with van der Waals surface area (Å²) in [6.07, 6.45) is 1.45. The monoisotopic (exact) mass is 277 g/mol. The first kappa shape index (κ1) is 10.6. The first-order valence-electron chi connectivity index (χ1n) is 4.58. The van der Waals surface area contributed by atoms with Crippen molar-refractivity contribution in [2.45, 2.75) is 6.54 Å². The third-order valence-corrected chi connectivity index (χ3v) is 2.70. The van der Waals surface area contributed by atoms with Gasteiger partial charge in [0.05, 0.1) is 17.8 Å². The summed E-state index contributed by atoms with van der Waals surface area (Å²) in [5.41, 5.74) is 1.36. The van der Waals surface area contributed by atoms with Gasteiger partial charge in [0.25, 0.3) is 0 Å². The topological polar surface area (TPSA) is 77.4 Å². The Kier molecular flexibility index (Phi) is 3.17. The van der Waals surface area contributed by atoms with E-state index in [9.17, 15) is 0 Å². The van der Waals surface area contributed by atoms with E-state index in [1.54, 1.807) is 0 Å². The number of hydrogen-bond acceptors (Lipinski definition) is 4. The molecule has 0 fully saturated rings. The fourth-order valence-corrected chi connectivity index (χ4v) is 1.73. The Balaban J connectivity index is 2.16. The summed E-state index contributed by atoms with van der Waals surface area (Å²) in [4.78, 5) is 3.99. The highest BCUT2D eigenvalue weighted by atomic mass is 79.9. The standard InChI is InChI=1S/C10H8BrN5/c11-8-2-1-3-9(7(8)4-12)13-5-10-14-6-15-16-10/h1-3,6,13H,5H2,(H,14,15,16). The molecule has 0 bridgehead atoms. The molecule has 0 amide bonds. The van der Waals surface area contributed by atoms with E-state index in [2.05, 4.69) is 42.5 Å². The molecule has 2 N–H and O–H groups in total. The van der Waals surface area contributed by atoms with E-state index in [1.807, 2.05) is 18.2 Å². The molecule has 1 aromatic carbocycles. The molecule has 5 nitrogen and oxygen atoms in total. The molecular formula is C10H8BrN5. The number of nitrogens with one attached hydrogen (secondary N) is 2. The van der Waals surface area contributed by atoms with Crippen LogP contribution < -0.4 is 5.32 Å². The van der Waals surface area contributed by atoms with Crippen molar-refractivity contribution in [3.8, 4) is 6.07 Å². The Bertz CT molecular complexity index is 515. The van der Waals surface area contributed by atoms with Gasteiger partial charge in [-0.1, -0.05) is 6.07 Å². The molecule has 0 saturated heterocycles. The summed E-state index contributed by atoms with van der Waals surface area (Å²) in [7, 11) is 0. The minimum Gasteiger partial charge on any atom is -0.377 e. The summed E-state index contributed by atoms with van der Waals surface area (Å²) in [6.45, 7) is 0.505. The second-order valence-electron chi connectivity index (χ2n) is 3.06. The highest BCUT2D eigenvalue weighted by Gasteiger charge is 2.05. The Morgan fingerprint density at radius 2 is 2.38 bits per heavy atom. The van der Waals surface area contributed by atoms with Gasteiger partial charge in [0.15, 0.2) is 0 Å². The Morgan fingerprint density at radius 1 is 1.50 bits per heavy atom. The van der Waals surface area contributed by atoms with Crippen molar-refractivity contribution < 1.29 is 0 Å². The number of nitrogens with zero attached hydrogens (tertiary/aromatic N) is 3. The van der Waals surface area contributed by atoms with Gasteiger partial charge < -0.3 is 5.32 Å². The lowest BCUT2D eigenvalue weighted by Gasteiger charge is -2.07. The molecule has 2 rings (SSSR count). The van der Waals surface area contributed by atoms with Crippen LogP contribution in [-0.2, 0) is 6.54 Å². The van der Waals surface area contributed by atoms with Crippen LogP contribution >= 0.6 is 15.9 Å². The molecular weight excluding hydrogens is 270 g/mol. The van der Waals surface area contributed by atoms with Gasteiger partial charge in [0.1, 0.15) is 18.2 Å². The minimum atomic E-state index is 0.505. The summed E-state index contributed by atoms with van der Waals surface area (Å²) < 4.78 is 0.776. The maximum absolute atomic E-state index is 9.00. The molecule has 1 heterocycles. The molecule has 0 unspecified atom stereocenters. The van der Waals surface area contributed by atoms with Crippen LogP contribution in [0.2, 0.25) is 0 Å². The number of aromatic nitrogens is 3. The third-order valence-electron chi connectivity index (χ3n) is 2.04. The molecule has 0 aliphatic carbocycles. The zero-order valence-electron chi connectivity index (χ0n) is 8.24. The smallest absolute Gasteiger partial charge is 0.143 e. The Hall–Kier alpha value is -1.87. The Morgan fingerprint density at radius 3 is 3.06 bits per heavy atom. The summed E-state index contributed by atoms with van der Waals surface area (Å²) in [5, 5.41) is 18.6. The van der Waals surface area contributed by atoms with Crippen LogP contribution in [0.25, 0.3) is 0 Å². The van der Waals surface area contributed by atoms with E-state index in [1.165, 1.54) is 6.33 Å². The van der Waals surface area contributed by atoms with E-state index in [-0.39, 0.29) is 0 Å². The van der Waals surface area contributed by atoms with Gasteiger partial charge in [-0.15, -0.1) is 0 Å². The molecule has 0 aliphatic rings. The van der Waals surface area contributed by atoms with Gasteiger partial charge in [-0.05, 0) is 28.1 Å². The predicted molar refractivity (Wildman–Crippen MR) is 62.6 cm³/mol. The molecule has 0 radical (unpaired) electrons. The predicted octanol–water partition coefficient (Wildman–Crippen LogP) is 2.05. The molecule has 1 aromatic heterocycles. The van der Waals surface area contributed by atoms with E-state index < -0.39 is 0 Å². The van der Waals surface area contributed by atoms with Crippen molar-refractivity contribution in [3.05, 3.63) is 40.4 Å². The number of rotatable bonds is 3. The summed E-state index contributed by atoms with van der Waals surface area (Å²) in [6, 6.07) is 7.69. The average Bonchev–Trinajstić information content (AvgIpc) is 2.79. The maximum atomic E-state index is 9.00. The SMILES string of the molecule is N#Cc1c(Br)cccc1NCc1ncn[nH]1. The first-order chi connectivity index (χ1) is 7.81. The molecule has 2 aromatic rings. The average molecular weight is 278 g/mol. The highest BCUT2D eigenvalue weighted by molar-refractivity contribution is 9.10. The Labute approximate surface area is 101 Å². The number of halogens is 1. The number of hydrogen-bond donors (Lipinski definition) is 2. The van der Waals surface area contributed by atoms with Crippen LogP contribution in [-0.4, -0.2) is 15.2 Å². The molecule has 16 heavy (non-hydrogen) atoms. The first-order valence-corrected chi connectivity index (χ1v) is 5.37. The van der Waals surface area contributed by atoms with E-state index in [0.717, 1.165) is 16.0 Å². The van der Waals surface area contributed by atoms with Crippen LogP contribution in [0.5, 0.6) is 0 Å². The highest BCUT2D eigenvalue weighted by Crippen LogP contribution is 2.23. The number of H-pyrrole nitrogens is 1. The minimum absolute atomic E-state index is 0.505. The van der Waals surface area contributed by atoms with E-state index in [0.29, 0.717) is 12.1 Å². The molecule has 0 atom stereocenters. The van der Waals surface area contributed by atoms with Crippen molar-refractivity contribution in [1.82, 2.24) is 15.2 Å². The molecule has 80 valence electrons. The van der Waals surface area contributed by atoms with Crippen LogP contribution in [0, 0.1) is 11.3 Å². The fourth-order valence-electron chi connectivity index (χ4n) is 1.28. The lowest BCUT2D eigenvalue weighted by Crippen LogP contribution is -2.03. The number of anilines is 1. The normalized spacial score (nSPS) is 9.75.